The van der Waals surface area contributed by atoms with Crippen molar-refractivity contribution in [1.82, 2.24) is 4.90 Å². The lowest BCUT2D eigenvalue weighted by molar-refractivity contribution is -0.0261. The second-order valence-corrected chi connectivity index (χ2v) is 3.59. The molecule has 0 aliphatic heterocycles. The van der Waals surface area contributed by atoms with Gasteiger partial charge in [0.25, 0.3) is 0 Å². The van der Waals surface area contributed by atoms with Gasteiger partial charge in [-0.3, -0.25) is 4.90 Å². The molecule has 0 aliphatic rings. The minimum atomic E-state index is -0.556. The summed E-state index contributed by atoms with van der Waals surface area (Å²) in [5, 5.41) is 27.1. The minimum Gasteiger partial charge on any atom is -0.395 e. The van der Waals surface area contributed by atoms with E-state index in [-0.39, 0.29) is 13.2 Å². The van der Waals surface area contributed by atoms with E-state index in [1.807, 2.05) is 13.8 Å². The molecule has 4 heteroatoms. The predicted octanol–water partition coefficient (Wildman–Crippen LogP) is -0.363. The highest BCUT2D eigenvalue weighted by Crippen LogP contribution is 2.08. The fourth-order valence-electron chi connectivity index (χ4n) is 1.24. The van der Waals surface area contributed by atoms with Gasteiger partial charge in [-0.1, -0.05) is 13.8 Å². The van der Waals surface area contributed by atoms with Crippen LogP contribution in [0.15, 0.2) is 0 Å². The zero-order valence-corrected chi connectivity index (χ0v) is 8.48. The van der Waals surface area contributed by atoms with E-state index in [0.29, 0.717) is 25.4 Å². The van der Waals surface area contributed by atoms with E-state index < -0.39 is 6.23 Å². The molecule has 0 amide bonds. The van der Waals surface area contributed by atoms with Gasteiger partial charge in [-0.2, -0.15) is 0 Å². The Hall–Kier alpha value is -0.160. The average Bonchev–Trinajstić information content (AvgIpc) is 2.02. The topological polar surface area (TPSA) is 63.9 Å². The molecule has 80 valence electrons. The van der Waals surface area contributed by atoms with Crippen molar-refractivity contribution in [2.24, 2.45) is 5.92 Å². The van der Waals surface area contributed by atoms with E-state index in [2.05, 4.69) is 0 Å². The lowest BCUT2D eigenvalue weighted by Crippen LogP contribution is -2.40. The van der Waals surface area contributed by atoms with Crippen molar-refractivity contribution in [3.63, 3.8) is 0 Å². The van der Waals surface area contributed by atoms with Crippen LogP contribution in [-0.2, 0) is 0 Å². The number of hydrogen-bond donors (Lipinski definition) is 3. The Balaban J connectivity index is 3.86. The Morgan fingerprint density at radius 1 is 1.08 bits per heavy atom. The number of aliphatic hydroxyl groups excluding tert-OH is 3. The Kier molecular flexibility index (Phi) is 7.17. The first-order valence-electron chi connectivity index (χ1n) is 4.75. The lowest BCUT2D eigenvalue weighted by Gasteiger charge is -2.27. The molecule has 4 nitrogen and oxygen atoms in total. The fourth-order valence-corrected chi connectivity index (χ4v) is 1.24. The number of hydrogen-bond acceptors (Lipinski definition) is 4. The summed E-state index contributed by atoms with van der Waals surface area (Å²) in [5.41, 5.74) is 0. The summed E-state index contributed by atoms with van der Waals surface area (Å²) >= 11 is 0. The smallest absolute Gasteiger partial charge is 0.107 e. The van der Waals surface area contributed by atoms with Crippen LogP contribution in [0.2, 0.25) is 0 Å². The monoisotopic (exact) mass is 191 g/mol. The quantitative estimate of drug-likeness (QED) is 0.481. The van der Waals surface area contributed by atoms with Crippen LogP contribution in [0.1, 0.15) is 20.3 Å². The first-order valence-corrected chi connectivity index (χ1v) is 4.75. The van der Waals surface area contributed by atoms with Crippen LogP contribution in [0.5, 0.6) is 0 Å². The maximum Gasteiger partial charge on any atom is 0.107 e. The highest BCUT2D eigenvalue weighted by molar-refractivity contribution is 4.62. The van der Waals surface area contributed by atoms with E-state index in [4.69, 9.17) is 10.2 Å². The fraction of sp³-hybridized carbons (Fsp3) is 1.00. The van der Waals surface area contributed by atoms with Crippen LogP contribution in [-0.4, -0.2) is 52.8 Å². The maximum absolute atomic E-state index is 9.65. The number of aliphatic hydroxyl groups is 3. The second-order valence-electron chi connectivity index (χ2n) is 3.59. The summed E-state index contributed by atoms with van der Waals surface area (Å²) < 4.78 is 0. The van der Waals surface area contributed by atoms with Gasteiger partial charge in [0.1, 0.15) is 6.23 Å². The van der Waals surface area contributed by atoms with Gasteiger partial charge < -0.3 is 15.3 Å². The number of rotatable bonds is 7. The van der Waals surface area contributed by atoms with Crippen molar-refractivity contribution < 1.29 is 15.3 Å². The van der Waals surface area contributed by atoms with Gasteiger partial charge in [-0.25, -0.2) is 0 Å². The molecule has 0 spiro atoms. The van der Waals surface area contributed by atoms with Crippen LogP contribution in [0.4, 0.5) is 0 Å². The summed E-state index contributed by atoms with van der Waals surface area (Å²) in [6, 6.07) is 0. The van der Waals surface area contributed by atoms with E-state index in [1.54, 1.807) is 4.90 Å². The summed E-state index contributed by atoms with van der Waals surface area (Å²) in [7, 11) is 0. The maximum atomic E-state index is 9.65. The molecule has 0 saturated heterocycles. The van der Waals surface area contributed by atoms with Gasteiger partial charge >= 0.3 is 0 Å². The van der Waals surface area contributed by atoms with E-state index in [0.717, 1.165) is 0 Å². The molecule has 0 radical (unpaired) electrons. The van der Waals surface area contributed by atoms with Gasteiger partial charge in [0.05, 0.1) is 13.2 Å². The summed E-state index contributed by atoms with van der Waals surface area (Å²) in [6.45, 7) is 4.89. The third-order valence-electron chi connectivity index (χ3n) is 1.88. The summed E-state index contributed by atoms with van der Waals surface area (Å²) in [4.78, 5) is 1.68. The van der Waals surface area contributed by atoms with Crippen LogP contribution in [0, 0.1) is 5.92 Å². The van der Waals surface area contributed by atoms with Crippen molar-refractivity contribution in [3.05, 3.63) is 0 Å². The van der Waals surface area contributed by atoms with Crippen molar-refractivity contribution in [3.8, 4) is 0 Å². The largest absolute Gasteiger partial charge is 0.395 e. The molecule has 0 fully saturated rings. The van der Waals surface area contributed by atoms with Crippen molar-refractivity contribution in [1.29, 1.82) is 0 Å². The molecule has 0 rings (SSSR count). The molecule has 0 heterocycles. The van der Waals surface area contributed by atoms with Crippen molar-refractivity contribution in [2.45, 2.75) is 26.5 Å². The predicted molar refractivity (Wildman–Crippen MR) is 51.2 cm³/mol. The van der Waals surface area contributed by atoms with E-state index in [1.165, 1.54) is 0 Å². The molecule has 1 atom stereocenters. The SMILES string of the molecule is CC(C)CC(O)N(CCO)CCO. The standard InChI is InChI=1S/C9H21NO3/c1-8(2)7-9(13)10(3-5-11)4-6-12/h8-9,11-13H,3-7H2,1-2H3. The first-order chi connectivity index (χ1) is 6.11. The Labute approximate surface area is 79.8 Å². The normalized spacial score (nSPS) is 14.1. The van der Waals surface area contributed by atoms with Gasteiger partial charge in [0.15, 0.2) is 0 Å². The minimum absolute atomic E-state index is 0.00908. The first kappa shape index (κ1) is 12.8. The third kappa shape index (κ3) is 5.99. The molecule has 0 saturated carbocycles. The van der Waals surface area contributed by atoms with E-state index >= 15 is 0 Å². The van der Waals surface area contributed by atoms with Crippen molar-refractivity contribution >= 4 is 0 Å². The molecule has 0 aromatic carbocycles. The molecule has 0 aromatic rings. The van der Waals surface area contributed by atoms with Crippen LogP contribution < -0.4 is 0 Å². The van der Waals surface area contributed by atoms with E-state index in [9.17, 15) is 5.11 Å². The average molecular weight is 191 g/mol. The molecule has 3 N–H and O–H groups in total. The number of nitrogens with zero attached hydrogens (tertiary/aromatic N) is 1. The lowest BCUT2D eigenvalue weighted by atomic mass is 10.1. The van der Waals surface area contributed by atoms with Crippen LogP contribution in [0.25, 0.3) is 0 Å². The Bertz CT molecular complexity index is 113. The van der Waals surface area contributed by atoms with Crippen LogP contribution >= 0.6 is 0 Å². The molecule has 0 aromatic heterocycles. The van der Waals surface area contributed by atoms with Crippen LogP contribution in [0.3, 0.4) is 0 Å². The van der Waals surface area contributed by atoms with Crippen molar-refractivity contribution in [2.75, 3.05) is 26.3 Å². The Morgan fingerprint density at radius 2 is 1.54 bits per heavy atom. The van der Waals surface area contributed by atoms with Gasteiger partial charge in [-0.15, -0.1) is 0 Å². The highest BCUT2D eigenvalue weighted by Gasteiger charge is 2.15. The molecule has 1 unspecified atom stereocenters. The van der Waals surface area contributed by atoms with Gasteiger partial charge in [-0.05, 0) is 12.3 Å². The second kappa shape index (κ2) is 7.26. The zero-order valence-electron chi connectivity index (χ0n) is 8.48. The molecule has 13 heavy (non-hydrogen) atoms. The summed E-state index contributed by atoms with van der Waals surface area (Å²) in [5.74, 6) is 0.412. The summed E-state index contributed by atoms with van der Waals surface area (Å²) in [6.07, 6.45) is 0.110. The molecule has 0 bridgehead atoms. The Morgan fingerprint density at radius 3 is 1.85 bits per heavy atom. The molecular weight excluding hydrogens is 170 g/mol. The highest BCUT2D eigenvalue weighted by atomic mass is 16.3. The zero-order chi connectivity index (χ0) is 10.3. The molecule has 0 aliphatic carbocycles. The van der Waals surface area contributed by atoms with Gasteiger partial charge in [0.2, 0.25) is 0 Å². The third-order valence-corrected chi connectivity index (χ3v) is 1.88. The van der Waals surface area contributed by atoms with Gasteiger partial charge in [0, 0.05) is 13.1 Å². The molecular formula is C9H21NO3.